The third-order valence-electron chi connectivity index (χ3n) is 2.33. The van der Waals surface area contributed by atoms with Gasteiger partial charge in [-0.05, 0) is 40.7 Å². The van der Waals surface area contributed by atoms with E-state index in [1.807, 2.05) is 6.08 Å². The second-order valence-corrected chi connectivity index (χ2v) is 5.44. The summed E-state index contributed by atoms with van der Waals surface area (Å²) in [5.74, 6) is 0.444. The maximum absolute atomic E-state index is 11.4. The van der Waals surface area contributed by atoms with Crippen LogP contribution in [0.4, 0.5) is 0 Å². The van der Waals surface area contributed by atoms with Crippen LogP contribution >= 0.6 is 0 Å². The molecule has 0 saturated heterocycles. The van der Waals surface area contributed by atoms with Crippen LogP contribution < -0.4 is 5.32 Å². The van der Waals surface area contributed by atoms with Gasteiger partial charge in [0, 0.05) is 23.6 Å². The summed E-state index contributed by atoms with van der Waals surface area (Å²) in [5, 5.41) is 3.48. The fourth-order valence-electron chi connectivity index (χ4n) is 2.21. The van der Waals surface area contributed by atoms with E-state index in [0.29, 0.717) is 0 Å². The predicted octanol–water partition coefficient (Wildman–Crippen LogP) is 2.54. The van der Waals surface area contributed by atoms with E-state index < -0.39 is 0 Å². The SMILES string of the molecule is C/C=C/C(=O)OC1=CC(C)(C)NC(C)(C)C1. The largest absolute Gasteiger partial charge is 0.428 e. The van der Waals surface area contributed by atoms with Crippen LogP contribution in [0.5, 0.6) is 0 Å². The third kappa shape index (κ3) is 3.81. The van der Waals surface area contributed by atoms with E-state index in [4.69, 9.17) is 4.74 Å². The third-order valence-corrected chi connectivity index (χ3v) is 2.33. The van der Waals surface area contributed by atoms with Crippen molar-refractivity contribution in [2.45, 2.75) is 52.1 Å². The number of hydrogen-bond acceptors (Lipinski definition) is 3. The predicted molar refractivity (Wildman–Crippen MR) is 64.9 cm³/mol. The molecular weight excluding hydrogens is 202 g/mol. The highest BCUT2D eigenvalue weighted by Gasteiger charge is 2.33. The molecule has 0 unspecified atom stereocenters. The molecule has 90 valence electrons. The van der Waals surface area contributed by atoms with E-state index in [-0.39, 0.29) is 17.0 Å². The lowest BCUT2D eigenvalue weighted by Crippen LogP contribution is -2.54. The normalized spacial score (nSPS) is 22.9. The highest BCUT2D eigenvalue weighted by molar-refractivity contribution is 5.82. The van der Waals surface area contributed by atoms with Gasteiger partial charge in [-0.1, -0.05) is 6.08 Å². The summed E-state index contributed by atoms with van der Waals surface area (Å²) in [4.78, 5) is 11.4. The van der Waals surface area contributed by atoms with Crippen LogP contribution in [0.15, 0.2) is 24.0 Å². The molecular formula is C13H21NO2. The minimum Gasteiger partial charge on any atom is -0.428 e. The van der Waals surface area contributed by atoms with Gasteiger partial charge in [-0.25, -0.2) is 4.79 Å². The van der Waals surface area contributed by atoms with Crippen LogP contribution in [0, 0.1) is 0 Å². The van der Waals surface area contributed by atoms with E-state index in [9.17, 15) is 4.79 Å². The summed E-state index contributed by atoms with van der Waals surface area (Å²) in [6.45, 7) is 10.1. The summed E-state index contributed by atoms with van der Waals surface area (Å²) in [5.41, 5.74) is -0.197. The lowest BCUT2D eigenvalue weighted by atomic mass is 9.87. The first-order chi connectivity index (χ1) is 7.24. The first-order valence-electron chi connectivity index (χ1n) is 5.60. The van der Waals surface area contributed by atoms with Crippen molar-refractivity contribution < 1.29 is 9.53 Å². The average molecular weight is 223 g/mol. The molecule has 0 amide bonds. The fourth-order valence-corrected chi connectivity index (χ4v) is 2.21. The molecule has 16 heavy (non-hydrogen) atoms. The van der Waals surface area contributed by atoms with Gasteiger partial charge < -0.3 is 10.1 Å². The molecule has 0 fully saturated rings. The van der Waals surface area contributed by atoms with Gasteiger partial charge in [0.2, 0.25) is 0 Å². The van der Waals surface area contributed by atoms with Crippen LogP contribution in [-0.4, -0.2) is 17.0 Å². The summed E-state index contributed by atoms with van der Waals surface area (Å²) in [6, 6.07) is 0. The average Bonchev–Trinajstić information content (AvgIpc) is 1.96. The van der Waals surface area contributed by atoms with Gasteiger partial charge in [0.15, 0.2) is 0 Å². The van der Waals surface area contributed by atoms with E-state index in [1.165, 1.54) is 6.08 Å². The van der Waals surface area contributed by atoms with Gasteiger partial charge >= 0.3 is 5.97 Å². The Bertz CT molecular complexity index is 338. The second kappa shape index (κ2) is 4.42. The highest BCUT2D eigenvalue weighted by Crippen LogP contribution is 2.28. The molecule has 0 saturated carbocycles. The second-order valence-electron chi connectivity index (χ2n) is 5.44. The molecule has 1 aliphatic rings. The molecule has 1 heterocycles. The van der Waals surface area contributed by atoms with Crippen molar-refractivity contribution in [3.8, 4) is 0 Å². The zero-order chi connectivity index (χ0) is 12.4. The van der Waals surface area contributed by atoms with Crippen molar-refractivity contribution in [2.24, 2.45) is 0 Å². The summed E-state index contributed by atoms with van der Waals surface area (Å²) < 4.78 is 5.30. The van der Waals surface area contributed by atoms with Gasteiger partial charge in [-0.15, -0.1) is 0 Å². The highest BCUT2D eigenvalue weighted by atomic mass is 16.5. The molecule has 0 aliphatic carbocycles. The minimum absolute atomic E-state index is 0.0518. The maximum atomic E-state index is 11.4. The molecule has 3 nitrogen and oxygen atoms in total. The van der Waals surface area contributed by atoms with Crippen molar-refractivity contribution in [3.05, 3.63) is 24.0 Å². The van der Waals surface area contributed by atoms with Crippen LogP contribution in [0.1, 0.15) is 41.0 Å². The molecule has 0 atom stereocenters. The molecule has 1 N–H and O–H groups in total. The molecule has 0 radical (unpaired) electrons. The maximum Gasteiger partial charge on any atom is 0.335 e. The molecule has 0 bridgehead atoms. The number of carbonyl (C=O) groups is 1. The topological polar surface area (TPSA) is 38.3 Å². The lowest BCUT2D eigenvalue weighted by molar-refractivity contribution is -0.134. The number of ether oxygens (including phenoxy) is 1. The van der Waals surface area contributed by atoms with Crippen LogP contribution in [0.3, 0.4) is 0 Å². The van der Waals surface area contributed by atoms with Crippen molar-refractivity contribution in [3.63, 3.8) is 0 Å². The molecule has 0 spiro atoms. The summed E-state index contributed by atoms with van der Waals surface area (Å²) in [6.07, 6.45) is 5.81. The standard InChI is InChI=1S/C13H21NO2/c1-6-7-11(15)16-10-8-12(2,3)14-13(4,5)9-10/h6-8,14H,9H2,1-5H3/b7-6+. The molecule has 0 aromatic carbocycles. The van der Waals surface area contributed by atoms with Gasteiger partial charge in [0.25, 0.3) is 0 Å². The van der Waals surface area contributed by atoms with Crippen molar-refractivity contribution in [1.82, 2.24) is 5.32 Å². The molecule has 3 heteroatoms. The number of hydrogen-bond donors (Lipinski definition) is 1. The van der Waals surface area contributed by atoms with Gasteiger partial charge in [0.05, 0.1) is 0 Å². The minimum atomic E-state index is -0.303. The molecule has 0 aromatic rings. The van der Waals surface area contributed by atoms with E-state index in [0.717, 1.165) is 12.2 Å². The number of nitrogens with one attached hydrogen (secondary N) is 1. The Morgan fingerprint density at radius 2 is 2.06 bits per heavy atom. The quantitative estimate of drug-likeness (QED) is 0.577. The lowest BCUT2D eigenvalue weighted by Gasteiger charge is -2.40. The first-order valence-corrected chi connectivity index (χ1v) is 5.60. The Balaban J connectivity index is 2.80. The first kappa shape index (κ1) is 13.0. The Labute approximate surface area is 97.6 Å². The Hall–Kier alpha value is -1.09. The molecule has 0 aromatic heterocycles. The summed E-state index contributed by atoms with van der Waals surface area (Å²) >= 11 is 0. The fraction of sp³-hybridized carbons (Fsp3) is 0.615. The molecule has 1 aliphatic heterocycles. The van der Waals surface area contributed by atoms with Crippen molar-refractivity contribution in [1.29, 1.82) is 0 Å². The van der Waals surface area contributed by atoms with Crippen LogP contribution in [-0.2, 0) is 9.53 Å². The van der Waals surface area contributed by atoms with Gasteiger partial charge in [-0.3, -0.25) is 0 Å². The zero-order valence-corrected chi connectivity index (χ0v) is 10.8. The van der Waals surface area contributed by atoms with E-state index in [1.54, 1.807) is 13.0 Å². The Morgan fingerprint density at radius 1 is 1.44 bits per heavy atom. The summed E-state index contributed by atoms with van der Waals surface area (Å²) in [7, 11) is 0. The number of carbonyl (C=O) groups excluding carboxylic acids is 1. The number of allylic oxidation sites excluding steroid dienone is 1. The zero-order valence-electron chi connectivity index (χ0n) is 10.8. The van der Waals surface area contributed by atoms with Crippen LogP contribution in [0.2, 0.25) is 0 Å². The number of esters is 1. The number of rotatable bonds is 2. The van der Waals surface area contributed by atoms with Crippen LogP contribution in [0.25, 0.3) is 0 Å². The molecule has 1 rings (SSSR count). The van der Waals surface area contributed by atoms with E-state index >= 15 is 0 Å². The van der Waals surface area contributed by atoms with Crippen molar-refractivity contribution in [2.75, 3.05) is 0 Å². The van der Waals surface area contributed by atoms with E-state index in [2.05, 4.69) is 33.0 Å². The Morgan fingerprint density at radius 3 is 2.56 bits per heavy atom. The van der Waals surface area contributed by atoms with Gasteiger partial charge in [0.1, 0.15) is 5.76 Å². The van der Waals surface area contributed by atoms with Gasteiger partial charge in [-0.2, -0.15) is 0 Å². The van der Waals surface area contributed by atoms with Crippen molar-refractivity contribution >= 4 is 5.97 Å². The monoisotopic (exact) mass is 223 g/mol. The Kier molecular flexibility index (Phi) is 3.58. The smallest absolute Gasteiger partial charge is 0.335 e.